The van der Waals surface area contributed by atoms with Gasteiger partial charge in [-0.1, -0.05) is 0 Å². The van der Waals surface area contributed by atoms with Crippen molar-refractivity contribution in [3.63, 3.8) is 0 Å². The van der Waals surface area contributed by atoms with Gasteiger partial charge in [-0.25, -0.2) is 14.2 Å². The molecule has 13 heavy (non-hydrogen) atoms. The molecule has 0 spiro atoms. The fourth-order valence-electron chi connectivity index (χ4n) is 0.806. The van der Waals surface area contributed by atoms with Crippen LogP contribution in [0.3, 0.4) is 0 Å². The first-order valence-electron chi connectivity index (χ1n) is 3.92. The Morgan fingerprint density at radius 1 is 1.62 bits per heavy atom. The van der Waals surface area contributed by atoms with Crippen LogP contribution in [0.25, 0.3) is 0 Å². The number of carbonyl (C=O) groups is 1. The number of pyridine rings is 1. The molecule has 4 heteroatoms. The molecule has 1 aromatic heterocycles. The Balaban J connectivity index is 2.83. The van der Waals surface area contributed by atoms with Crippen LogP contribution in [0.15, 0.2) is 18.3 Å². The van der Waals surface area contributed by atoms with Gasteiger partial charge in [0.05, 0.1) is 6.10 Å². The zero-order valence-corrected chi connectivity index (χ0v) is 7.45. The largest absolute Gasteiger partial charge is 0.458 e. The second-order valence-corrected chi connectivity index (χ2v) is 2.79. The van der Waals surface area contributed by atoms with Crippen molar-refractivity contribution in [2.75, 3.05) is 0 Å². The molecular formula is C9H10FNO2. The fraction of sp³-hybridized carbons (Fsp3) is 0.333. The van der Waals surface area contributed by atoms with E-state index in [0.717, 1.165) is 0 Å². The molecule has 0 amide bonds. The van der Waals surface area contributed by atoms with E-state index < -0.39 is 11.8 Å². The first kappa shape index (κ1) is 9.64. The molecule has 0 aliphatic heterocycles. The van der Waals surface area contributed by atoms with Gasteiger partial charge in [0.25, 0.3) is 0 Å². The summed E-state index contributed by atoms with van der Waals surface area (Å²) in [5.41, 5.74) is -0.267. The van der Waals surface area contributed by atoms with Crippen molar-refractivity contribution in [2.24, 2.45) is 0 Å². The van der Waals surface area contributed by atoms with Gasteiger partial charge in [0, 0.05) is 6.20 Å². The Kier molecular flexibility index (Phi) is 2.95. The van der Waals surface area contributed by atoms with Crippen molar-refractivity contribution < 1.29 is 13.9 Å². The van der Waals surface area contributed by atoms with Crippen LogP contribution < -0.4 is 0 Å². The second-order valence-electron chi connectivity index (χ2n) is 2.79. The van der Waals surface area contributed by atoms with Gasteiger partial charge in [0.1, 0.15) is 0 Å². The molecule has 0 saturated carbocycles. The maximum atomic E-state index is 12.9. The van der Waals surface area contributed by atoms with Crippen LogP contribution >= 0.6 is 0 Å². The first-order valence-corrected chi connectivity index (χ1v) is 3.92. The number of esters is 1. The van der Waals surface area contributed by atoms with Crippen molar-refractivity contribution in [3.8, 4) is 0 Å². The highest BCUT2D eigenvalue weighted by Gasteiger charge is 2.14. The van der Waals surface area contributed by atoms with Crippen molar-refractivity contribution in [3.05, 3.63) is 29.8 Å². The van der Waals surface area contributed by atoms with Gasteiger partial charge < -0.3 is 4.74 Å². The lowest BCUT2D eigenvalue weighted by Gasteiger charge is -2.06. The minimum Gasteiger partial charge on any atom is -0.458 e. The van der Waals surface area contributed by atoms with Crippen LogP contribution in [0.2, 0.25) is 0 Å². The summed E-state index contributed by atoms with van der Waals surface area (Å²) >= 11 is 0. The average Bonchev–Trinajstić information content (AvgIpc) is 2.03. The standard InChI is InChI=1S/C9H10FNO2/c1-6(2)13-9(12)8-7(10)4-3-5-11-8/h3-6H,1-2H3. The van der Waals surface area contributed by atoms with E-state index in [4.69, 9.17) is 4.74 Å². The summed E-state index contributed by atoms with van der Waals surface area (Å²) in [5.74, 6) is -1.39. The molecule has 0 radical (unpaired) electrons. The van der Waals surface area contributed by atoms with Gasteiger partial charge in [0.2, 0.25) is 0 Å². The zero-order valence-electron chi connectivity index (χ0n) is 7.45. The summed E-state index contributed by atoms with van der Waals surface area (Å²) in [6.07, 6.45) is 1.08. The third kappa shape index (κ3) is 2.50. The van der Waals surface area contributed by atoms with E-state index in [9.17, 15) is 9.18 Å². The third-order valence-corrected chi connectivity index (χ3v) is 1.29. The van der Waals surface area contributed by atoms with Crippen molar-refractivity contribution >= 4 is 5.97 Å². The van der Waals surface area contributed by atoms with Crippen molar-refractivity contribution in [2.45, 2.75) is 20.0 Å². The summed E-state index contributed by atoms with van der Waals surface area (Å²) in [6, 6.07) is 2.59. The Hall–Kier alpha value is -1.45. The lowest BCUT2D eigenvalue weighted by atomic mass is 10.3. The minimum absolute atomic E-state index is 0.267. The fourth-order valence-corrected chi connectivity index (χ4v) is 0.806. The van der Waals surface area contributed by atoms with Crippen LogP contribution in [-0.2, 0) is 4.74 Å². The molecule has 0 fully saturated rings. The predicted molar refractivity (Wildman–Crippen MR) is 44.7 cm³/mol. The second kappa shape index (κ2) is 3.98. The summed E-state index contributed by atoms with van der Waals surface area (Å²) in [7, 11) is 0. The van der Waals surface area contributed by atoms with Gasteiger partial charge in [0.15, 0.2) is 11.5 Å². The SMILES string of the molecule is CC(C)OC(=O)c1ncccc1F. The van der Waals surface area contributed by atoms with Crippen molar-refractivity contribution in [1.82, 2.24) is 4.98 Å². The van der Waals surface area contributed by atoms with Crippen LogP contribution in [0, 0.1) is 5.82 Å². The van der Waals surface area contributed by atoms with Gasteiger partial charge in [-0.2, -0.15) is 0 Å². The van der Waals surface area contributed by atoms with E-state index in [1.54, 1.807) is 13.8 Å². The number of hydrogen-bond acceptors (Lipinski definition) is 3. The van der Waals surface area contributed by atoms with E-state index in [1.807, 2.05) is 0 Å². The summed E-state index contributed by atoms with van der Waals surface area (Å²) in [6.45, 7) is 3.39. The van der Waals surface area contributed by atoms with Gasteiger partial charge >= 0.3 is 5.97 Å². The highest BCUT2D eigenvalue weighted by molar-refractivity contribution is 5.87. The number of nitrogens with zero attached hydrogens (tertiary/aromatic N) is 1. The smallest absolute Gasteiger partial charge is 0.360 e. The monoisotopic (exact) mass is 183 g/mol. The maximum Gasteiger partial charge on any atom is 0.360 e. The molecule has 1 rings (SSSR count). The number of rotatable bonds is 2. The molecule has 0 aliphatic carbocycles. The number of carbonyl (C=O) groups excluding carboxylic acids is 1. The molecule has 0 aromatic carbocycles. The van der Waals surface area contributed by atoms with E-state index in [1.165, 1.54) is 18.3 Å². The Morgan fingerprint density at radius 3 is 2.85 bits per heavy atom. The molecule has 3 nitrogen and oxygen atoms in total. The summed E-state index contributed by atoms with van der Waals surface area (Å²) in [4.78, 5) is 14.7. The Labute approximate surface area is 75.6 Å². The summed E-state index contributed by atoms with van der Waals surface area (Å²) in [5, 5.41) is 0. The van der Waals surface area contributed by atoms with Crippen LogP contribution in [0.4, 0.5) is 4.39 Å². The van der Waals surface area contributed by atoms with Gasteiger partial charge in [-0.3, -0.25) is 0 Å². The molecule has 0 bridgehead atoms. The van der Waals surface area contributed by atoms with Gasteiger partial charge in [-0.05, 0) is 26.0 Å². The highest BCUT2D eigenvalue weighted by atomic mass is 19.1. The summed E-state index contributed by atoms with van der Waals surface area (Å²) < 4.78 is 17.7. The lowest BCUT2D eigenvalue weighted by Crippen LogP contribution is -2.14. The third-order valence-electron chi connectivity index (χ3n) is 1.29. The predicted octanol–water partition coefficient (Wildman–Crippen LogP) is 1.79. The molecule has 0 unspecified atom stereocenters. The highest BCUT2D eigenvalue weighted by Crippen LogP contribution is 2.05. The molecule has 0 N–H and O–H groups in total. The van der Waals surface area contributed by atoms with Crippen LogP contribution in [0.1, 0.15) is 24.3 Å². The number of ether oxygens (including phenoxy) is 1. The molecule has 0 atom stereocenters. The van der Waals surface area contributed by atoms with E-state index >= 15 is 0 Å². The maximum absolute atomic E-state index is 12.9. The van der Waals surface area contributed by atoms with E-state index in [-0.39, 0.29) is 11.8 Å². The molecule has 70 valence electrons. The zero-order chi connectivity index (χ0) is 9.84. The van der Waals surface area contributed by atoms with Crippen LogP contribution in [-0.4, -0.2) is 17.1 Å². The van der Waals surface area contributed by atoms with E-state index in [0.29, 0.717) is 0 Å². The Morgan fingerprint density at radius 2 is 2.31 bits per heavy atom. The average molecular weight is 183 g/mol. The number of hydrogen-bond donors (Lipinski definition) is 0. The van der Waals surface area contributed by atoms with Crippen LogP contribution in [0.5, 0.6) is 0 Å². The topological polar surface area (TPSA) is 39.2 Å². The quantitative estimate of drug-likeness (QED) is 0.656. The molecule has 0 saturated heterocycles. The Bertz CT molecular complexity index is 312. The molecule has 1 heterocycles. The van der Waals surface area contributed by atoms with E-state index in [2.05, 4.69) is 4.98 Å². The minimum atomic E-state index is -0.729. The normalized spacial score (nSPS) is 10.2. The first-order chi connectivity index (χ1) is 6.11. The van der Waals surface area contributed by atoms with Crippen molar-refractivity contribution in [1.29, 1.82) is 0 Å². The van der Waals surface area contributed by atoms with Gasteiger partial charge in [-0.15, -0.1) is 0 Å². The lowest BCUT2D eigenvalue weighted by molar-refractivity contribution is 0.0365. The number of aromatic nitrogens is 1. The molecule has 1 aromatic rings. The number of halogens is 1. The molecular weight excluding hydrogens is 173 g/mol. The molecule has 0 aliphatic rings.